The van der Waals surface area contributed by atoms with Crippen LogP contribution in [0.4, 0.5) is 0 Å². The Balaban J connectivity index is 1.77. The van der Waals surface area contributed by atoms with Gasteiger partial charge in [-0.3, -0.25) is 14.0 Å². The Bertz CT molecular complexity index is 1450. The highest BCUT2D eigenvalue weighted by Gasteiger charge is 2.30. The number of nitrogens with zero attached hydrogens (tertiary/aromatic N) is 5. The molecule has 0 aliphatic heterocycles. The first-order valence-electron chi connectivity index (χ1n) is 10.6. The van der Waals surface area contributed by atoms with Crippen molar-refractivity contribution >= 4 is 34.3 Å². The molecule has 2 aromatic heterocycles. The number of nitriles is 1. The summed E-state index contributed by atoms with van der Waals surface area (Å²) < 4.78 is 3.32. The number of aromatic nitrogens is 4. The molecule has 9 heteroatoms. The van der Waals surface area contributed by atoms with Crippen molar-refractivity contribution < 1.29 is 4.79 Å². The summed E-state index contributed by atoms with van der Waals surface area (Å²) in [5.41, 5.74) is 1.29. The monoisotopic (exact) mass is 460 g/mol. The first-order valence-corrected chi connectivity index (χ1v) is 11.5. The number of carbonyl (C=O) groups excluding carboxylic acids is 1. The second kappa shape index (κ2) is 8.71. The smallest absolute Gasteiger partial charge is 0.267 e. The zero-order valence-corrected chi connectivity index (χ0v) is 19.7. The molecule has 168 valence electrons. The number of para-hydroxylation sites is 1. The van der Waals surface area contributed by atoms with Crippen molar-refractivity contribution in [1.29, 1.82) is 5.26 Å². The van der Waals surface area contributed by atoms with Crippen LogP contribution >= 0.6 is 11.8 Å². The minimum absolute atomic E-state index is 0.0433. The normalized spacial score (nSPS) is 13.2. The fourth-order valence-electron chi connectivity index (χ4n) is 3.46. The Hall–Kier alpha value is -3.64. The Kier molecular flexibility index (Phi) is 5.95. The molecule has 0 fully saturated rings. The lowest BCUT2D eigenvalue weighted by Gasteiger charge is -2.27. The zero-order chi connectivity index (χ0) is 23.8. The van der Waals surface area contributed by atoms with E-state index in [0.29, 0.717) is 27.5 Å². The molecule has 0 saturated carbocycles. The van der Waals surface area contributed by atoms with Crippen LogP contribution in [0, 0.1) is 24.2 Å². The van der Waals surface area contributed by atoms with E-state index in [1.165, 1.54) is 16.3 Å². The van der Waals surface area contributed by atoms with E-state index in [-0.39, 0.29) is 23.1 Å². The standard InChI is InChI=1S/C24H24N6O2S/c1-15(2)24(4,14-25)26-20(31)13-33-23-28-27-22-29(17-11-9-16(3)10-12-17)21(32)18-7-5-6-8-19(18)30(22)23/h5-12,15H,13H2,1-4H3,(H,26,31). The first-order chi connectivity index (χ1) is 15.7. The number of amides is 1. The van der Waals surface area contributed by atoms with Crippen LogP contribution in [-0.2, 0) is 4.79 Å². The number of nitrogens with one attached hydrogen (secondary N) is 1. The third-order valence-corrected chi connectivity index (χ3v) is 6.73. The molecule has 0 spiro atoms. The van der Waals surface area contributed by atoms with Crippen molar-refractivity contribution in [2.24, 2.45) is 5.92 Å². The predicted octanol–water partition coefficient (Wildman–Crippen LogP) is 3.49. The van der Waals surface area contributed by atoms with Gasteiger partial charge in [-0.1, -0.05) is 55.4 Å². The van der Waals surface area contributed by atoms with E-state index < -0.39 is 5.54 Å². The van der Waals surface area contributed by atoms with Crippen LogP contribution in [0.25, 0.3) is 22.4 Å². The third kappa shape index (κ3) is 4.10. The SMILES string of the molecule is Cc1ccc(-n2c(=O)c3ccccc3n3c(SCC(=O)NC(C)(C#N)C(C)C)nnc23)cc1. The second-order valence-corrected chi connectivity index (χ2v) is 9.36. The van der Waals surface area contributed by atoms with Gasteiger partial charge in [0.15, 0.2) is 5.16 Å². The quantitative estimate of drug-likeness (QED) is 0.442. The summed E-state index contributed by atoms with van der Waals surface area (Å²) in [6.07, 6.45) is 0. The van der Waals surface area contributed by atoms with Crippen molar-refractivity contribution in [3.63, 3.8) is 0 Å². The van der Waals surface area contributed by atoms with Gasteiger partial charge in [-0.05, 0) is 44.0 Å². The van der Waals surface area contributed by atoms with Gasteiger partial charge in [-0.25, -0.2) is 4.57 Å². The Morgan fingerprint density at radius 1 is 1.18 bits per heavy atom. The molecular weight excluding hydrogens is 436 g/mol. The molecular formula is C24H24N6O2S. The Morgan fingerprint density at radius 3 is 2.55 bits per heavy atom. The predicted molar refractivity (Wildman–Crippen MR) is 129 cm³/mol. The van der Waals surface area contributed by atoms with E-state index in [9.17, 15) is 14.9 Å². The summed E-state index contributed by atoms with van der Waals surface area (Å²) in [7, 11) is 0. The fourth-order valence-corrected chi connectivity index (χ4v) is 4.20. The van der Waals surface area contributed by atoms with Gasteiger partial charge in [0.25, 0.3) is 5.56 Å². The number of aryl methyl sites for hydroxylation is 1. The van der Waals surface area contributed by atoms with Gasteiger partial charge < -0.3 is 5.32 Å². The molecule has 1 unspecified atom stereocenters. The van der Waals surface area contributed by atoms with E-state index in [4.69, 9.17) is 0 Å². The highest BCUT2D eigenvalue weighted by Crippen LogP contribution is 2.24. The minimum atomic E-state index is -0.955. The van der Waals surface area contributed by atoms with Crippen molar-refractivity contribution in [3.8, 4) is 11.8 Å². The minimum Gasteiger partial charge on any atom is -0.337 e. The summed E-state index contributed by atoms with van der Waals surface area (Å²) in [4.78, 5) is 25.9. The van der Waals surface area contributed by atoms with Crippen LogP contribution in [0.2, 0.25) is 0 Å². The molecule has 4 aromatic rings. The molecule has 1 N–H and O–H groups in total. The second-order valence-electron chi connectivity index (χ2n) is 8.42. The number of thioether (sulfide) groups is 1. The van der Waals surface area contributed by atoms with Gasteiger partial charge in [0, 0.05) is 0 Å². The first kappa shape index (κ1) is 22.6. The van der Waals surface area contributed by atoms with Gasteiger partial charge >= 0.3 is 0 Å². The maximum Gasteiger partial charge on any atom is 0.267 e. The highest BCUT2D eigenvalue weighted by molar-refractivity contribution is 7.99. The number of hydrogen-bond acceptors (Lipinski definition) is 6. The maximum atomic E-state index is 13.3. The van der Waals surface area contributed by atoms with Crippen LogP contribution in [-0.4, -0.2) is 36.4 Å². The molecule has 33 heavy (non-hydrogen) atoms. The van der Waals surface area contributed by atoms with Gasteiger partial charge in [0.05, 0.1) is 28.4 Å². The maximum absolute atomic E-state index is 13.3. The molecule has 0 radical (unpaired) electrons. The van der Waals surface area contributed by atoms with Crippen molar-refractivity contribution in [2.45, 2.75) is 38.4 Å². The van der Waals surface area contributed by atoms with Crippen LogP contribution in [0.1, 0.15) is 26.3 Å². The van der Waals surface area contributed by atoms with Crippen LogP contribution in [0.3, 0.4) is 0 Å². The van der Waals surface area contributed by atoms with Crippen molar-refractivity contribution in [2.75, 3.05) is 5.75 Å². The van der Waals surface area contributed by atoms with E-state index >= 15 is 0 Å². The van der Waals surface area contributed by atoms with E-state index in [0.717, 1.165) is 5.56 Å². The Labute approximate surface area is 195 Å². The molecule has 4 rings (SSSR count). The molecule has 0 aliphatic rings. The van der Waals surface area contributed by atoms with Gasteiger partial charge in [-0.15, -0.1) is 10.2 Å². The number of benzene rings is 2. The van der Waals surface area contributed by atoms with E-state index in [1.54, 1.807) is 17.4 Å². The summed E-state index contributed by atoms with van der Waals surface area (Å²) >= 11 is 1.21. The number of hydrogen-bond donors (Lipinski definition) is 1. The lowest BCUT2D eigenvalue weighted by Crippen LogP contribution is -2.49. The fraction of sp³-hybridized carbons (Fsp3) is 0.292. The Morgan fingerprint density at radius 2 is 1.88 bits per heavy atom. The van der Waals surface area contributed by atoms with E-state index in [2.05, 4.69) is 21.6 Å². The molecule has 0 saturated heterocycles. The zero-order valence-electron chi connectivity index (χ0n) is 18.9. The molecule has 2 aromatic carbocycles. The summed E-state index contributed by atoms with van der Waals surface area (Å²) in [6.45, 7) is 7.47. The van der Waals surface area contributed by atoms with Gasteiger partial charge in [-0.2, -0.15) is 5.26 Å². The highest BCUT2D eigenvalue weighted by atomic mass is 32.2. The average molecular weight is 461 g/mol. The summed E-state index contributed by atoms with van der Waals surface area (Å²) in [5.74, 6) is 0.112. The number of fused-ring (bicyclic) bond motifs is 3. The lowest BCUT2D eigenvalue weighted by molar-refractivity contribution is -0.120. The van der Waals surface area contributed by atoms with Crippen LogP contribution in [0.15, 0.2) is 58.5 Å². The third-order valence-electron chi connectivity index (χ3n) is 5.81. The largest absolute Gasteiger partial charge is 0.337 e. The van der Waals surface area contributed by atoms with Crippen LogP contribution in [0.5, 0.6) is 0 Å². The summed E-state index contributed by atoms with van der Waals surface area (Å²) in [5, 5.41) is 21.9. The molecule has 1 atom stereocenters. The molecule has 2 heterocycles. The lowest BCUT2D eigenvalue weighted by atomic mass is 9.90. The molecule has 1 amide bonds. The number of rotatable bonds is 6. The van der Waals surface area contributed by atoms with Crippen molar-refractivity contribution in [1.82, 2.24) is 24.5 Å². The van der Waals surface area contributed by atoms with Crippen molar-refractivity contribution in [3.05, 3.63) is 64.4 Å². The van der Waals surface area contributed by atoms with Gasteiger partial charge in [0.1, 0.15) is 5.54 Å². The average Bonchev–Trinajstić information content (AvgIpc) is 3.22. The molecule has 0 aliphatic carbocycles. The molecule has 8 nitrogen and oxygen atoms in total. The van der Waals surface area contributed by atoms with Gasteiger partial charge in [0.2, 0.25) is 11.7 Å². The van der Waals surface area contributed by atoms with E-state index in [1.807, 2.05) is 63.2 Å². The number of carbonyl (C=O) groups is 1. The topological polar surface area (TPSA) is 105 Å². The summed E-state index contributed by atoms with van der Waals surface area (Å²) in [6, 6.07) is 17.1. The molecule has 0 bridgehead atoms. The van der Waals surface area contributed by atoms with Crippen LogP contribution < -0.4 is 10.9 Å².